The second-order valence-corrected chi connectivity index (χ2v) is 6.02. The molecule has 2 heteroatoms. The molecule has 0 aromatic heterocycles. The lowest BCUT2D eigenvalue weighted by molar-refractivity contribution is 0.475. The van der Waals surface area contributed by atoms with Crippen LogP contribution in [0.1, 0.15) is 31.9 Å². The third-order valence-corrected chi connectivity index (χ3v) is 3.33. The summed E-state index contributed by atoms with van der Waals surface area (Å²) in [5.74, 6) is 1.75. The van der Waals surface area contributed by atoms with E-state index in [4.69, 9.17) is 10.5 Å². The molecule has 20 heavy (non-hydrogen) atoms. The molecule has 0 saturated carbocycles. The van der Waals surface area contributed by atoms with Crippen LogP contribution in [0.15, 0.2) is 48.5 Å². The molecule has 0 aliphatic rings. The van der Waals surface area contributed by atoms with E-state index in [-0.39, 0.29) is 5.41 Å². The van der Waals surface area contributed by atoms with Crippen molar-refractivity contribution in [3.05, 3.63) is 59.7 Å². The normalized spacial score (nSPS) is 11.4. The van der Waals surface area contributed by atoms with E-state index in [1.807, 2.05) is 30.3 Å². The minimum Gasteiger partial charge on any atom is -0.457 e. The summed E-state index contributed by atoms with van der Waals surface area (Å²) in [6.07, 6.45) is 0.830. The summed E-state index contributed by atoms with van der Waals surface area (Å²) in [4.78, 5) is 0. The third-order valence-electron chi connectivity index (χ3n) is 3.33. The van der Waals surface area contributed by atoms with Crippen LogP contribution < -0.4 is 10.5 Å². The van der Waals surface area contributed by atoms with E-state index in [1.165, 1.54) is 5.56 Å². The zero-order valence-corrected chi connectivity index (χ0v) is 12.5. The zero-order valence-electron chi connectivity index (χ0n) is 12.5. The van der Waals surface area contributed by atoms with Gasteiger partial charge in [-0.2, -0.15) is 0 Å². The Labute approximate surface area is 121 Å². The van der Waals surface area contributed by atoms with Crippen molar-refractivity contribution < 1.29 is 4.74 Å². The number of hydrogen-bond donors (Lipinski definition) is 1. The molecule has 0 radical (unpaired) electrons. The van der Waals surface area contributed by atoms with Crippen LogP contribution in [0.25, 0.3) is 0 Å². The van der Waals surface area contributed by atoms with E-state index in [2.05, 4.69) is 39.0 Å². The highest BCUT2D eigenvalue weighted by Crippen LogP contribution is 2.28. The average molecular weight is 269 g/mol. The maximum absolute atomic E-state index is 5.97. The molecule has 0 aliphatic heterocycles. The summed E-state index contributed by atoms with van der Waals surface area (Å²) in [6.45, 7) is 7.25. The minimum absolute atomic E-state index is 0.163. The Hall–Kier alpha value is -1.80. The number of hydrogen-bond acceptors (Lipinski definition) is 2. The Morgan fingerprint density at radius 3 is 2.20 bits per heavy atom. The predicted octanol–water partition coefficient (Wildman–Crippen LogP) is 4.28. The molecule has 0 unspecified atom stereocenters. The topological polar surface area (TPSA) is 35.2 Å². The highest BCUT2D eigenvalue weighted by Gasteiger charge is 2.13. The highest BCUT2D eigenvalue weighted by atomic mass is 16.5. The van der Waals surface area contributed by atoms with Crippen LogP contribution in [0, 0.1) is 0 Å². The SMILES string of the molecule is CC(C)(C)c1ccc(Oc2ccccc2CCN)cc1. The lowest BCUT2D eigenvalue weighted by atomic mass is 9.87. The molecule has 0 spiro atoms. The Morgan fingerprint density at radius 2 is 1.60 bits per heavy atom. The molecule has 0 atom stereocenters. The second-order valence-electron chi connectivity index (χ2n) is 6.02. The Bertz CT molecular complexity index is 552. The molecule has 0 saturated heterocycles. The van der Waals surface area contributed by atoms with Gasteiger partial charge in [-0.05, 0) is 47.7 Å². The van der Waals surface area contributed by atoms with E-state index >= 15 is 0 Å². The molecule has 2 rings (SSSR count). The van der Waals surface area contributed by atoms with Crippen LogP contribution in [0.4, 0.5) is 0 Å². The molecular weight excluding hydrogens is 246 g/mol. The van der Waals surface area contributed by atoms with Crippen LogP contribution in [0.3, 0.4) is 0 Å². The quantitative estimate of drug-likeness (QED) is 0.899. The van der Waals surface area contributed by atoms with Gasteiger partial charge in [-0.1, -0.05) is 51.1 Å². The number of benzene rings is 2. The van der Waals surface area contributed by atoms with Gasteiger partial charge in [0.1, 0.15) is 11.5 Å². The highest BCUT2D eigenvalue weighted by molar-refractivity contribution is 5.39. The first-order valence-corrected chi connectivity index (χ1v) is 7.07. The van der Waals surface area contributed by atoms with Gasteiger partial charge in [0.05, 0.1) is 0 Å². The number of nitrogens with two attached hydrogens (primary N) is 1. The standard InChI is InChI=1S/C18H23NO/c1-18(2,3)15-8-10-16(11-9-15)20-17-7-5-4-6-14(17)12-13-19/h4-11H,12-13,19H2,1-3H3. The average Bonchev–Trinajstić information content (AvgIpc) is 2.41. The fourth-order valence-corrected chi connectivity index (χ4v) is 2.12. The first kappa shape index (κ1) is 14.6. The fourth-order valence-electron chi connectivity index (χ4n) is 2.12. The monoisotopic (exact) mass is 269 g/mol. The maximum Gasteiger partial charge on any atom is 0.130 e. The smallest absolute Gasteiger partial charge is 0.130 e. The van der Waals surface area contributed by atoms with Crippen molar-refractivity contribution in [2.75, 3.05) is 6.54 Å². The van der Waals surface area contributed by atoms with Crippen LogP contribution in [0.5, 0.6) is 11.5 Å². The largest absolute Gasteiger partial charge is 0.457 e. The fraction of sp³-hybridized carbons (Fsp3) is 0.333. The van der Waals surface area contributed by atoms with Crippen LogP contribution in [-0.2, 0) is 11.8 Å². The van der Waals surface area contributed by atoms with Gasteiger partial charge in [0.15, 0.2) is 0 Å². The first-order chi connectivity index (χ1) is 9.50. The van der Waals surface area contributed by atoms with Gasteiger partial charge in [0, 0.05) is 0 Å². The van der Waals surface area contributed by atoms with Crippen molar-refractivity contribution in [1.82, 2.24) is 0 Å². The number of ether oxygens (including phenoxy) is 1. The van der Waals surface area contributed by atoms with Crippen LogP contribution in [0.2, 0.25) is 0 Å². The molecule has 0 amide bonds. The summed E-state index contributed by atoms with van der Waals surface area (Å²) in [6, 6.07) is 16.4. The van der Waals surface area contributed by atoms with Gasteiger partial charge in [0.25, 0.3) is 0 Å². The van der Waals surface area contributed by atoms with Gasteiger partial charge in [-0.3, -0.25) is 0 Å². The molecule has 106 valence electrons. The molecule has 0 heterocycles. The Balaban J connectivity index is 2.18. The summed E-state index contributed by atoms with van der Waals surface area (Å²) >= 11 is 0. The van der Waals surface area contributed by atoms with E-state index in [1.54, 1.807) is 0 Å². The van der Waals surface area contributed by atoms with Crippen LogP contribution >= 0.6 is 0 Å². The molecule has 2 aromatic carbocycles. The van der Waals surface area contributed by atoms with Crippen LogP contribution in [-0.4, -0.2) is 6.54 Å². The summed E-state index contributed by atoms with van der Waals surface area (Å²) in [5, 5.41) is 0. The third kappa shape index (κ3) is 3.61. The number of rotatable bonds is 4. The minimum atomic E-state index is 0.163. The Kier molecular flexibility index (Phi) is 4.46. The van der Waals surface area contributed by atoms with Crippen molar-refractivity contribution in [3.8, 4) is 11.5 Å². The van der Waals surface area contributed by atoms with Gasteiger partial charge in [-0.25, -0.2) is 0 Å². The van der Waals surface area contributed by atoms with Crippen molar-refractivity contribution in [2.45, 2.75) is 32.6 Å². The van der Waals surface area contributed by atoms with E-state index in [0.717, 1.165) is 23.5 Å². The summed E-state index contributed by atoms with van der Waals surface area (Å²) in [5.41, 5.74) is 8.25. The molecular formula is C18H23NO. The van der Waals surface area contributed by atoms with Crippen molar-refractivity contribution in [2.24, 2.45) is 5.73 Å². The molecule has 2 nitrogen and oxygen atoms in total. The molecule has 0 bridgehead atoms. The maximum atomic E-state index is 5.97. The second kappa shape index (κ2) is 6.10. The summed E-state index contributed by atoms with van der Waals surface area (Å²) < 4.78 is 5.97. The zero-order chi connectivity index (χ0) is 14.6. The molecule has 0 fully saturated rings. The van der Waals surface area contributed by atoms with E-state index in [0.29, 0.717) is 6.54 Å². The van der Waals surface area contributed by atoms with Gasteiger partial charge in [-0.15, -0.1) is 0 Å². The lowest BCUT2D eigenvalue weighted by Gasteiger charge is -2.19. The van der Waals surface area contributed by atoms with E-state index < -0.39 is 0 Å². The molecule has 0 aliphatic carbocycles. The van der Waals surface area contributed by atoms with Crippen molar-refractivity contribution in [1.29, 1.82) is 0 Å². The van der Waals surface area contributed by atoms with Gasteiger partial charge in [0.2, 0.25) is 0 Å². The van der Waals surface area contributed by atoms with Gasteiger partial charge >= 0.3 is 0 Å². The van der Waals surface area contributed by atoms with E-state index in [9.17, 15) is 0 Å². The molecule has 2 aromatic rings. The van der Waals surface area contributed by atoms with Gasteiger partial charge < -0.3 is 10.5 Å². The first-order valence-electron chi connectivity index (χ1n) is 7.07. The summed E-state index contributed by atoms with van der Waals surface area (Å²) in [7, 11) is 0. The molecule has 2 N–H and O–H groups in total. The lowest BCUT2D eigenvalue weighted by Crippen LogP contribution is -2.10. The predicted molar refractivity (Wildman–Crippen MR) is 84.4 cm³/mol. The van der Waals surface area contributed by atoms with Crippen molar-refractivity contribution in [3.63, 3.8) is 0 Å². The number of para-hydroxylation sites is 1. The van der Waals surface area contributed by atoms with Crippen molar-refractivity contribution >= 4 is 0 Å². The Morgan fingerprint density at radius 1 is 0.950 bits per heavy atom.